The van der Waals surface area contributed by atoms with E-state index in [1.807, 2.05) is 51.1 Å². The quantitative estimate of drug-likeness (QED) is 0.686. The molecule has 2 aromatic rings. The molecule has 0 spiro atoms. The summed E-state index contributed by atoms with van der Waals surface area (Å²) in [4.78, 5) is 0. The number of ether oxygens (including phenoxy) is 3. The molecule has 22 heavy (non-hydrogen) atoms. The molecule has 0 radical (unpaired) electrons. The number of hydrogen-bond donors (Lipinski definition) is 0. The Balaban J connectivity index is 1.93. The average molecular weight is 365 g/mol. The number of hydrogen-bond acceptors (Lipinski definition) is 3. The summed E-state index contributed by atoms with van der Waals surface area (Å²) in [6, 6.07) is 9.98. The maximum absolute atomic E-state index is 5.85. The van der Waals surface area contributed by atoms with Crippen LogP contribution in [0.25, 0.3) is 0 Å². The molecule has 118 valence electrons. The van der Waals surface area contributed by atoms with Crippen molar-refractivity contribution in [1.82, 2.24) is 0 Å². The first kappa shape index (κ1) is 16.7. The van der Waals surface area contributed by atoms with Crippen molar-refractivity contribution in [2.24, 2.45) is 0 Å². The van der Waals surface area contributed by atoms with Crippen molar-refractivity contribution >= 4 is 15.9 Å². The third-order valence-corrected chi connectivity index (χ3v) is 3.79. The third kappa shape index (κ3) is 4.17. The molecule has 0 amide bonds. The van der Waals surface area contributed by atoms with Gasteiger partial charge in [0.15, 0.2) is 11.5 Å². The largest absolute Gasteiger partial charge is 0.493 e. The van der Waals surface area contributed by atoms with E-state index in [0.29, 0.717) is 13.2 Å². The van der Waals surface area contributed by atoms with E-state index in [9.17, 15) is 0 Å². The van der Waals surface area contributed by atoms with Crippen molar-refractivity contribution in [2.45, 2.75) is 20.8 Å². The van der Waals surface area contributed by atoms with E-state index in [1.54, 1.807) is 7.11 Å². The molecule has 4 heteroatoms. The number of halogens is 1. The van der Waals surface area contributed by atoms with Crippen molar-refractivity contribution in [3.05, 3.63) is 51.5 Å². The van der Waals surface area contributed by atoms with Crippen LogP contribution >= 0.6 is 15.9 Å². The molecule has 2 aromatic carbocycles. The molecule has 0 saturated carbocycles. The minimum absolute atomic E-state index is 0.467. The van der Waals surface area contributed by atoms with Gasteiger partial charge in [0.05, 0.1) is 7.11 Å². The molecule has 0 bridgehead atoms. The highest BCUT2D eigenvalue weighted by Crippen LogP contribution is 2.29. The maximum Gasteiger partial charge on any atom is 0.161 e. The highest BCUT2D eigenvalue weighted by molar-refractivity contribution is 9.10. The van der Waals surface area contributed by atoms with Gasteiger partial charge in [-0.2, -0.15) is 0 Å². The SMILES string of the molecule is COc1cc(C)ccc1OCCOc1c(C)cc(Br)cc1C. The fourth-order valence-corrected chi connectivity index (χ4v) is 3.00. The smallest absolute Gasteiger partial charge is 0.161 e. The van der Waals surface area contributed by atoms with Crippen LogP contribution < -0.4 is 14.2 Å². The zero-order chi connectivity index (χ0) is 16.1. The van der Waals surface area contributed by atoms with E-state index in [0.717, 1.165) is 38.4 Å². The van der Waals surface area contributed by atoms with E-state index in [-0.39, 0.29) is 0 Å². The van der Waals surface area contributed by atoms with Crippen molar-refractivity contribution in [3.63, 3.8) is 0 Å². The Bertz CT molecular complexity index is 630. The van der Waals surface area contributed by atoms with Gasteiger partial charge in [-0.15, -0.1) is 0 Å². The molecule has 0 fully saturated rings. The molecule has 0 atom stereocenters. The summed E-state index contributed by atoms with van der Waals surface area (Å²) in [6.45, 7) is 7.05. The Hall–Kier alpha value is -1.68. The average Bonchev–Trinajstić information content (AvgIpc) is 2.46. The minimum atomic E-state index is 0.467. The summed E-state index contributed by atoms with van der Waals surface area (Å²) in [5, 5.41) is 0. The normalized spacial score (nSPS) is 10.4. The monoisotopic (exact) mass is 364 g/mol. The fourth-order valence-electron chi connectivity index (χ4n) is 2.31. The summed E-state index contributed by atoms with van der Waals surface area (Å²) in [6.07, 6.45) is 0. The first-order valence-corrected chi connectivity index (χ1v) is 7.97. The van der Waals surface area contributed by atoms with Crippen molar-refractivity contribution in [1.29, 1.82) is 0 Å². The van der Waals surface area contributed by atoms with Crippen molar-refractivity contribution < 1.29 is 14.2 Å². The lowest BCUT2D eigenvalue weighted by atomic mass is 10.1. The molecule has 0 saturated heterocycles. The van der Waals surface area contributed by atoms with Crippen LogP contribution in [0.1, 0.15) is 16.7 Å². The van der Waals surface area contributed by atoms with Crippen LogP contribution in [0.5, 0.6) is 17.2 Å². The number of aryl methyl sites for hydroxylation is 3. The second kappa shape index (κ2) is 7.54. The summed E-state index contributed by atoms with van der Waals surface area (Å²) in [7, 11) is 1.65. The van der Waals surface area contributed by atoms with Gasteiger partial charge < -0.3 is 14.2 Å². The van der Waals surface area contributed by atoms with E-state index >= 15 is 0 Å². The predicted molar refractivity (Wildman–Crippen MR) is 92.3 cm³/mol. The topological polar surface area (TPSA) is 27.7 Å². The van der Waals surface area contributed by atoms with Gasteiger partial charge in [-0.05, 0) is 61.7 Å². The molecule has 2 rings (SSSR count). The summed E-state index contributed by atoms with van der Waals surface area (Å²) in [5.41, 5.74) is 3.36. The molecular weight excluding hydrogens is 344 g/mol. The zero-order valence-electron chi connectivity index (χ0n) is 13.4. The molecular formula is C18H21BrO3. The maximum atomic E-state index is 5.85. The molecule has 0 N–H and O–H groups in total. The van der Waals surface area contributed by atoms with Crippen LogP contribution in [0.3, 0.4) is 0 Å². The van der Waals surface area contributed by atoms with Crippen LogP contribution in [0.2, 0.25) is 0 Å². The Labute approximate surface area is 140 Å². The van der Waals surface area contributed by atoms with Crippen molar-refractivity contribution in [2.75, 3.05) is 20.3 Å². The van der Waals surface area contributed by atoms with Gasteiger partial charge in [0, 0.05) is 4.47 Å². The van der Waals surface area contributed by atoms with Gasteiger partial charge in [-0.1, -0.05) is 22.0 Å². The summed E-state index contributed by atoms with van der Waals surface area (Å²) < 4.78 is 18.0. The molecule has 0 aromatic heterocycles. The summed E-state index contributed by atoms with van der Waals surface area (Å²) >= 11 is 3.49. The Morgan fingerprint density at radius 1 is 0.864 bits per heavy atom. The molecule has 0 aliphatic heterocycles. The second-order valence-corrected chi connectivity index (χ2v) is 6.14. The van der Waals surface area contributed by atoms with Crippen LogP contribution in [0, 0.1) is 20.8 Å². The van der Waals surface area contributed by atoms with Gasteiger partial charge in [-0.3, -0.25) is 0 Å². The van der Waals surface area contributed by atoms with Crippen LogP contribution in [-0.2, 0) is 0 Å². The van der Waals surface area contributed by atoms with E-state index in [4.69, 9.17) is 14.2 Å². The van der Waals surface area contributed by atoms with E-state index in [2.05, 4.69) is 15.9 Å². The molecule has 0 aliphatic rings. The first-order chi connectivity index (χ1) is 10.5. The lowest BCUT2D eigenvalue weighted by Crippen LogP contribution is -2.10. The highest BCUT2D eigenvalue weighted by atomic mass is 79.9. The molecule has 0 unspecified atom stereocenters. The highest BCUT2D eigenvalue weighted by Gasteiger charge is 2.07. The first-order valence-electron chi connectivity index (χ1n) is 7.18. The van der Waals surface area contributed by atoms with E-state index in [1.165, 1.54) is 0 Å². The number of methoxy groups -OCH3 is 1. The fraction of sp³-hybridized carbons (Fsp3) is 0.333. The Morgan fingerprint density at radius 3 is 2.14 bits per heavy atom. The number of rotatable bonds is 6. The second-order valence-electron chi connectivity index (χ2n) is 5.22. The third-order valence-electron chi connectivity index (χ3n) is 3.33. The van der Waals surface area contributed by atoms with Gasteiger partial charge in [0.1, 0.15) is 19.0 Å². The van der Waals surface area contributed by atoms with Crippen LogP contribution in [0.4, 0.5) is 0 Å². The Morgan fingerprint density at radius 2 is 1.50 bits per heavy atom. The Kier molecular flexibility index (Phi) is 5.72. The van der Waals surface area contributed by atoms with Gasteiger partial charge in [0.25, 0.3) is 0 Å². The minimum Gasteiger partial charge on any atom is -0.493 e. The standard InChI is InChI=1S/C18H21BrO3/c1-12-5-6-16(17(9-12)20-4)21-7-8-22-18-13(2)10-15(19)11-14(18)3/h5-6,9-11H,7-8H2,1-4H3. The lowest BCUT2D eigenvalue weighted by molar-refractivity contribution is 0.209. The van der Waals surface area contributed by atoms with Crippen LogP contribution in [-0.4, -0.2) is 20.3 Å². The van der Waals surface area contributed by atoms with Crippen molar-refractivity contribution in [3.8, 4) is 17.2 Å². The molecule has 3 nitrogen and oxygen atoms in total. The van der Waals surface area contributed by atoms with Gasteiger partial charge >= 0.3 is 0 Å². The van der Waals surface area contributed by atoms with Crippen LogP contribution in [0.15, 0.2) is 34.8 Å². The number of benzene rings is 2. The lowest BCUT2D eigenvalue weighted by Gasteiger charge is -2.14. The molecule has 0 heterocycles. The van der Waals surface area contributed by atoms with Gasteiger partial charge in [-0.25, -0.2) is 0 Å². The predicted octanol–water partition coefficient (Wildman–Crippen LogP) is 4.84. The van der Waals surface area contributed by atoms with E-state index < -0.39 is 0 Å². The zero-order valence-corrected chi connectivity index (χ0v) is 15.0. The van der Waals surface area contributed by atoms with Gasteiger partial charge in [0.2, 0.25) is 0 Å². The summed E-state index contributed by atoms with van der Waals surface area (Å²) in [5.74, 6) is 2.40. The molecule has 0 aliphatic carbocycles.